The molecule has 0 aromatic carbocycles. The van der Waals surface area contributed by atoms with Gasteiger partial charge in [-0.1, -0.05) is 45.4 Å². The lowest BCUT2D eigenvalue weighted by atomic mass is 10.0. The largest absolute Gasteiger partial charge is 0.393 e. The molecule has 94 valence electrons. The first kappa shape index (κ1) is 17.6. The SMILES string of the molecule is CCCCC(O)CCCCCCCN.Cl. The predicted octanol–water partition coefficient (Wildman–Crippen LogP) is 3.26. The highest BCUT2D eigenvalue weighted by Crippen LogP contribution is 2.10. The van der Waals surface area contributed by atoms with Crippen LogP contribution in [-0.2, 0) is 0 Å². The Bertz CT molecular complexity index is 112. The molecule has 0 aromatic rings. The molecule has 0 bridgehead atoms. The Morgan fingerprint density at radius 3 is 2.07 bits per heavy atom. The van der Waals surface area contributed by atoms with Crippen molar-refractivity contribution in [3.05, 3.63) is 0 Å². The zero-order chi connectivity index (χ0) is 10.6. The van der Waals surface area contributed by atoms with E-state index in [0.29, 0.717) is 0 Å². The van der Waals surface area contributed by atoms with E-state index in [9.17, 15) is 5.11 Å². The molecule has 1 atom stereocenters. The number of halogens is 1. The molecule has 0 fully saturated rings. The van der Waals surface area contributed by atoms with Gasteiger partial charge in [0.05, 0.1) is 6.10 Å². The van der Waals surface area contributed by atoms with Crippen LogP contribution in [0.5, 0.6) is 0 Å². The Balaban J connectivity index is 0. The number of nitrogens with two attached hydrogens (primary N) is 1. The molecule has 0 amide bonds. The quantitative estimate of drug-likeness (QED) is 0.573. The lowest BCUT2D eigenvalue weighted by Gasteiger charge is -2.09. The molecule has 3 heteroatoms. The van der Waals surface area contributed by atoms with Crippen molar-refractivity contribution in [1.82, 2.24) is 0 Å². The van der Waals surface area contributed by atoms with E-state index in [0.717, 1.165) is 32.2 Å². The van der Waals surface area contributed by atoms with Crippen molar-refractivity contribution in [3.63, 3.8) is 0 Å². The third-order valence-corrected chi connectivity index (χ3v) is 2.63. The Morgan fingerprint density at radius 1 is 0.933 bits per heavy atom. The number of hydrogen-bond acceptors (Lipinski definition) is 2. The minimum absolute atomic E-state index is 0. The summed E-state index contributed by atoms with van der Waals surface area (Å²) in [5.41, 5.74) is 5.41. The van der Waals surface area contributed by atoms with Crippen LogP contribution < -0.4 is 5.73 Å². The molecule has 0 saturated carbocycles. The van der Waals surface area contributed by atoms with Gasteiger partial charge in [-0.15, -0.1) is 12.4 Å². The molecule has 0 aromatic heterocycles. The van der Waals surface area contributed by atoms with Crippen LogP contribution in [0.2, 0.25) is 0 Å². The first-order valence-corrected chi connectivity index (χ1v) is 6.19. The van der Waals surface area contributed by atoms with Gasteiger partial charge in [0.2, 0.25) is 0 Å². The maximum Gasteiger partial charge on any atom is 0.0540 e. The number of rotatable bonds is 10. The van der Waals surface area contributed by atoms with Crippen molar-refractivity contribution >= 4 is 12.4 Å². The van der Waals surface area contributed by atoms with Crippen LogP contribution in [0.1, 0.15) is 64.7 Å². The molecule has 2 nitrogen and oxygen atoms in total. The fourth-order valence-electron chi connectivity index (χ4n) is 1.64. The Hall–Kier alpha value is 0.210. The minimum atomic E-state index is -0.0514. The summed E-state index contributed by atoms with van der Waals surface area (Å²) in [6.45, 7) is 2.98. The first-order valence-electron chi connectivity index (χ1n) is 6.19. The van der Waals surface area contributed by atoms with Crippen molar-refractivity contribution in [2.24, 2.45) is 5.73 Å². The third kappa shape index (κ3) is 14.2. The molecular formula is C12H28ClNO. The van der Waals surface area contributed by atoms with Gasteiger partial charge in [-0.05, 0) is 25.8 Å². The second kappa shape index (κ2) is 14.2. The van der Waals surface area contributed by atoms with Crippen LogP contribution in [0.3, 0.4) is 0 Å². The van der Waals surface area contributed by atoms with Crippen LogP contribution in [-0.4, -0.2) is 17.8 Å². The highest BCUT2D eigenvalue weighted by Gasteiger charge is 2.02. The Kier molecular flexibility index (Phi) is 16.7. The zero-order valence-electron chi connectivity index (χ0n) is 10.1. The molecule has 0 aliphatic rings. The molecule has 0 aliphatic carbocycles. The molecule has 3 N–H and O–H groups in total. The van der Waals surface area contributed by atoms with E-state index in [-0.39, 0.29) is 18.5 Å². The smallest absolute Gasteiger partial charge is 0.0540 e. The minimum Gasteiger partial charge on any atom is -0.393 e. The Morgan fingerprint density at radius 2 is 1.47 bits per heavy atom. The summed E-state index contributed by atoms with van der Waals surface area (Å²) in [5, 5.41) is 9.56. The highest BCUT2D eigenvalue weighted by atomic mass is 35.5. The van der Waals surface area contributed by atoms with Crippen LogP contribution in [0, 0.1) is 0 Å². The molecule has 0 radical (unpaired) electrons. The molecule has 15 heavy (non-hydrogen) atoms. The summed E-state index contributed by atoms with van der Waals surface area (Å²) in [5.74, 6) is 0. The fourth-order valence-corrected chi connectivity index (χ4v) is 1.64. The number of hydrogen-bond donors (Lipinski definition) is 2. The highest BCUT2D eigenvalue weighted by molar-refractivity contribution is 5.85. The van der Waals surface area contributed by atoms with Gasteiger partial charge in [-0.25, -0.2) is 0 Å². The van der Waals surface area contributed by atoms with E-state index in [2.05, 4.69) is 6.92 Å². The van der Waals surface area contributed by atoms with E-state index in [1.807, 2.05) is 0 Å². The predicted molar refractivity (Wildman–Crippen MR) is 69.5 cm³/mol. The summed E-state index contributed by atoms with van der Waals surface area (Å²) in [4.78, 5) is 0. The van der Waals surface area contributed by atoms with E-state index < -0.39 is 0 Å². The standard InChI is InChI=1S/C12H27NO.ClH/c1-2-3-9-12(14)10-7-5-4-6-8-11-13;/h12,14H,2-11,13H2,1H3;1H. The van der Waals surface area contributed by atoms with Gasteiger partial charge >= 0.3 is 0 Å². The van der Waals surface area contributed by atoms with Gasteiger partial charge < -0.3 is 10.8 Å². The molecule has 0 spiro atoms. The summed E-state index contributed by atoms with van der Waals surface area (Å²) in [6, 6.07) is 0. The van der Waals surface area contributed by atoms with Crippen molar-refractivity contribution < 1.29 is 5.11 Å². The van der Waals surface area contributed by atoms with Crippen LogP contribution >= 0.6 is 12.4 Å². The normalized spacial score (nSPS) is 12.2. The van der Waals surface area contributed by atoms with Gasteiger partial charge in [-0.3, -0.25) is 0 Å². The molecule has 1 unspecified atom stereocenters. The molecule has 0 saturated heterocycles. The second-order valence-electron chi connectivity index (χ2n) is 4.14. The van der Waals surface area contributed by atoms with Gasteiger partial charge in [-0.2, -0.15) is 0 Å². The number of aliphatic hydroxyl groups excluding tert-OH is 1. The van der Waals surface area contributed by atoms with Crippen LogP contribution in [0.4, 0.5) is 0 Å². The summed E-state index contributed by atoms with van der Waals surface area (Å²) in [7, 11) is 0. The average molecular weight is 238 g/mol. The van der Waals surface area contributed by atoms with Gasteiger partial charge in [0.1, 0.15) is 0 Å². The lowest BCUT2D eigenvalue weighted by Crippen LogP contribution is -2.05. The van der Waals surface area contributed by atoms with Gasteiger partial charge in [0.25, 0.3) is 0 Å². The summed E-state index contributed by atoms with van der Waals surface area (Å²) < 4.78 is 0. The van der Waals surface area contributed by atoms with Crippen molar-refractivity contribution in [1.29, 1.82) is 0 Å². The van der Waals surface area contributed by atoms with E-state index >= 15 is 0 Å². The van der Waals surface area contributed by atoms with E-state index in [1.54, 1.807) is 0 Å². The summed E-state index contributed by atoms with van der Waals surface area (Å²) >= 11 is 0. The molecule has 0 heterocycles. The monoisotopic (exact) mass is 237 g/mol. The lowest BCUT2D eigenvalue weighted by molar-refractivity contribution is 0.148. The Labute approximate surface area is 101 Å². The zero-order valence-corrected chi connectivity index (χ0v) is 10.9. The van der Waals surface area contributed by atoms with E-state index in [1.165, 1.54) is 32.1 Å². The molecule has 0 aliphatic heterocycles. The maximum atomic E-state index is 9.56. The number of unbranched alkanes of at least 4 members (excludes halogenated alkanes) is 5. The van der Waals surface area contributed by atoms with Crippen LogP contribution in [0.25, 0.3) is 0 Å². The van der Waals surface area contributed by atoms with Crippen molar-refractivity contribution in [3.8, 4) is 0 Å². The topological polar surface area (TPSA) is 46.2 Å². The maximum absolute atomic E-state index is 9.56. The van der Waals surface area contributed by atoms with Crippen LogP contribution in [0.15, 0.2) is 0 Å². The number of aliphatic hydroxyl groups is 1. The molecular weight excluding hydrogens is 210 g/mol. The first-order chi connectivity index (χ1) is 6.81. The van der Waals surface area contributed by atoms with Gasteiger partial charge in [0.15, 0.2) is 0 Å². The summed E-state index contributed by atoms with van der Waals surface area (Å²) in [6.07, 6.45) is 10.4. The fraction of sp³-hybridized carbons (Fsp3) is 1.00. The van der Waals surface area contributed by atoms with Gasteiger partial charge in [0, 0.05) is 0 Å². The third-order valence-electron chi connectivity index (χ3n) is 2.63. The van der Waals surface area contributed by atoms with Crippen molar-refractivity contribution in [2.45, 2.75) is 70.8 Å². The molecule has 0 rings (SSSR count). The van der Waals surface area contributed by atoms with E-state index in [4.69, 9.17) is 5.73 Å². The average Bonchev–Trinajstić information content (AvgIpc) is 2.20. The van der Waals surface area contributed by atoms with Crippen molar-refractivity contribution in [2.75, 3.05) is 6.54 Å². The second-order valence-corrected chi connectivity index (χ2v) is 4.14.